The molecule has 2 aromatic heterocycles. The number of aromatic nitrogens is 1. The molecule has 150 valence electrons. The van der Waals surface area contributed by atoms with Crippen molar-refractivity contribution in [3.05, 3.63) is 95.1 Å². The molecule has 2 heterocycles. The van der Waals surface area contributed by atoms with E-state index in [2.05, 4.69) is 15.3 Å². The maximum atomic E-state index is 13.5. The number of carbonyl (C=O) groups is 1. The van der Waals surface area contributed by atoms with Gasteiger partial charge in [-0.25, -0.2) is 9.38 Å². The van der Waals surface area contributed by atoms with Gasteiger partial charge in [0.15, 0.2) is 5.58 Å². The number of anilines is 1. The van der Waals surface area contributed by atoms with E-state index in [1.54, 1.807) is 31.2 Å². The number of hydrogen-bond acceptors (Lipinski definition) is 5. The van der Waals surface area contributed by atoms with Gasteiger partial charge in [-0.2, -0.15) is 0 Å². The number of hydrogen-bond donors (Lipinski definition) is 2. The number of nitrogens with zero attached hydrogens (tertiary/aromatic N) is 2. The van der Waals surface area contributed by atoms with Crippen LogP contribution in [-0.4, -0.2) is 16.0 Å². The van der Waals surface area contributed by atoms with E-state index in [4.69, 9.17) is 4.42 Å². The van der Waals surface area contributed by atoms with Gasteiger partial charge in [0.05, 0.1) is 18.0 Å². The van der Waals surface area contributed by atoms with Crippen LogP contribution in [0.3, 0.4) is 0 Å². The van der Waals surface area contributed by atoms with E-state index in [1.165, 1.54) is 24.4 Å². The van der Waals surface area contributed by atoms with Crippen LogP contribution in [0.1, 0.15) is 21.6 Å². The van der Waals surface area contributed by atoms with Crippen LogP contribution in [-0.2, 0) is 6.61 Å². The van der Waals surface area contributed by atoms with Crippen molar-refractivity contribution in [3.8, 4) is 0 Å². The number of aryl methyl sites for hydroxylation is 1. The van der Waals surface area contributed by atoms with Crippen molar-refractivity contribution in [1.29, 1.82) is 0 Å². The maximum absolute atomic E-state index is 13.5. The summed E-state index contributed by atoms with van der Waals surface area (Å²) in [6.45, 7) is 1.51. The lowest BCUT2D eigenvalue weighted by molar-refractivity contribution is 0.102. The smallest absolute Gasteiger partial charge is 0.261 e. The Labute approximate surface area is 171 Å². The Morgan fingerprint density at radius 3 is 2.70 bits per heavy atom. The normalized spacial score (nSPS) is 11.6. The first-order valence-corrected chi connectivity index (χ1v) is 9.25. The van der Waals surface area contributed by atoms with Crippen LogP contribution < -0.4 is 10.9 Å². The second-order valence-corrected chi connectivity index (χ2v) is 6.65. The lowest BCUT2D eigenvalue weighted by Gasteiger charge is -2.10. The van der Waals surface area contributed by atoms with Gasteiger partial charge >= 0.3 is 0 Å². The predicted molar refractivity (Wildman–Crippen MR) is 111 cm³/mol. The lowest BCUT2D eigenvalue weighted by atomic mass is 10.1. The summed E-state index contributed by atoms with van der Waals surface area (Å²) in [6.07, 6.45) is 1.54. The molecule has 0 bridgehead atoms. The number of carbonyl (C=O) groups excluding carboxylic acids is 1. The van der Waals surface area contributed by atoms with Crippen molar-refractivity contribution in [2.45, 2.75) is 13.5 Å². The van der Waals surface area contributed by atoms with Gasteiger partial charge < -0.3 is 14.8 Å². The second-order valence-electron chi connectivity index (χ2n) is 6.65. The number of fused-ring (bicyclic) bond motifs is 1. The van der Waals surface area contributed by atoms with E-state index in [-0.39, 0.29) is 17.7 Å². The highest BCUT2D eigenvalue weighted by Crippen LogP contribution is 2.22. The van der Waals surface area contributed by atoms with Crippen molar-refractivity contribution in [2.24, 2.45) is 4.99 Å². The van der Waals surface area contributed by atoms with Crippen molar-refractivity contribution in [2.75, 3.05) is 5.32 Å². The molecule has 6 nitrogen and oxygen atoms in total. The molecule has 1 amide bonds. The monoisotopic (exact) mass is 403 g/mol. The Morgan fingerprint density at radius 1 is 1.17 bits per heavy atom. The topological polar surface area (TPSA) is 87.7 Å². The number of rotatable bonds is 4. The average Bonchev–Trinajstić information content (AvgIpc) is 2.75. The number of para-hydroxylation sites is 1. The number of amides is 1. The Balaban J connectivity index is 1.92. The molecular formula is C23H18FN3O3. The van der Waals surface area contributed by atoms with E-state index in [0.29, 0.717) is 33.6 Å². The molecule has 7 heteroatoms. The fraction of sp³-hybridized carbons (Fsp3) is 0.0870. The van der Waals surface area contributed by atoms with E-state index >= 15 is 0 Å². The van der Waals surface area contributed by atoms with E-state index in [1.807, 2.05) is 18.2 Å². The van der Waals surface area contributed by atoms with Crippen molar-refractivity contribution in [3.63, 3.8) is 0 Å². The van der Waals surface area contributed by atoms with Gasteiger partial charge in [-0.15, -0.1) is 0 Å². The highest BCUT2D eigenvalue weighted by atomic mass is 19.1. The highest BCUT2D eigenvalue weighted by Gasteiger charge is 2.16. The molecule has 0 saturated heterocycles. The van der Waals surface area contributed by atoms with Gasteiger partial charge in [0.1, 0.15) is 11.4 Å². The summed E-state index contributed by atoms with van der Waals surface area (Å²) in [5.41, 5.74) is 2.69. The van der Waals surface area contributed by atoms with E-state index in [9.17, 15) is 14.3 Å². The largest absolute Gasteiger partial charge is 0.436 e. The third-order valence-electron chi connectivity index (χ3n) is 4.54. The molecule has 2 aromatic carbocycles. The predicted octanol–water partition coefficient (Wildman–Crippen LogP) is 4.25. The minimum absolute atomic E-state index is 0.0857. The summed E-state index contributed by atoms with van der Waals surface area (Å²) in [6, 6.07) is 16.3. The van der Waals surface area contributed by atoms with Gasteiger partial charge in [-0.3, -0.25) is 9.78 Å². The molecule has 2 N–H and O–H groups in total. The van der Waals surface area contributed by atoms with Crippen LogP contribution in [0.5, 0.6) is 0 Å². The Bertz CT molecular complexity index is 1300. The van der Waals surface area contributed by atoms with Gasteiger partial charge in [0, 0.05) is 22.8 Å². The van der Waals surface area contributed by atoms with Crippen LogP contribution in [0.2, 0.25) is 0 Å². The zero-order chi connectivity index (χ0) is 21.1. The highest BCUT2D eigenvalue weighted by molar-refractivity contribution is 6.05. The Kier molecular flexibility index (Phi) is 5.36. The molecule has 30 heavy (non-hydrogen) atoms. The first-order valence-electron chi connectivity index (χ1n) is 9.25. The summed E-state index contributed by atoms with van der Waals surface area (Å²) in [5, 5.41) is 12.9. The third-order valence-corrected chi connectivity index (χ3v) is 4.54. The summed E-state index contributed by atoms with van der Waals surface area (Å²) >= 11 is 0. The number of benzene rings is 2. The van der Waals surface area contributed by atoms with E-state index in [0.717, 1.165) is 0 Å². The third kappa shape index (κ3) is 3.97. The van der Waals surface area contributed by atoms with Crippen LogP contribution in [0.25, 0.3) is 11.0 Å². The zero-order valence-electron chi connectivity index (χ0n) is 16.1. The summed E-state index contributed by atoms with van der Waals surface area (Å²) in [4.78, 5) is 21.7. The fourth-order valence-corrected chi connectivity index (χ4v) is 3.04. The molecule has 0 fully saturated rings. The van der Waals surface area contributed by atoms with Crippen LogP contribution in [0, 0.1) is 12.7 Å². The Morgan fingerprint density at radius 2 is 1.97 bits per heavy atom. The quantitative estimate of drug-likeness (QED) is 0.533. The zero-order valence-corrected chi connectivity index (χ0v) is 16.1. The minimum atomic E-state index is -0.515. The molecule has 0 aliphatic carbocycles. The lowest BCUT2D eigenvalue weighted by Crippen LogP contribution is -2.22. The number of nitrogens with one attached hydrogen (secondary N) is 1. The van der Waals surface area contributed by atoms with E-state index < -0.39 is 11.7 Å². The van der Waals surface area contributed by atoms with Crippen LogP contribution in [0.4, 0.5) is 15.8 Å². The molecule has 0 aliphatic rings. The molecule has 0 spiro atoms. The number of aliphatic hydroxyl groups is 1. The Hall–Kier alpha value is -3.84. The summed E-state index contributed by atoms with van der Waals surface area (Å²) in [7, 11) is 0. The second kappa shape index (κ2) is 8.26. The summed E-state index contributed by atoms with van der Waals surface area (Å²) < 4.78 is 19.5. The molecule has 0 aliphatic heterocycles. The molecular weight excluding hydrogens is 385 g/mol. The molecule has 0 radical (unpaired) electrons. The molecule has 4 aromatic rings. The number of aliphatic hydroxyl groups excluding tert-OH is 1. The van der Waals surface area contributed by atoms with Crippen molar-refractivity contribution < 1.29 is 18.7 Å². The molecule has 0 unspecified atom stereocenters. The first kappa shape index (κ1) is 19.5. The average molecular weight is 403 g/mol. The number of pyridine rings is 1. The maximum Gasteiger partial charge on any atom is 0.261 e. The van der Waals surface area contributed by atoms with Gasteiger partial charge in [0.2, 0.25) is 5.55 Å². The molecule has 0 saturated carbocycles. The standard InChI is InChI=1S/C23H18FN3O3/c1-14-21-19(15(13-28)12-25-14)11-20(22(29)26-18-9-5-6-16(24)10-18)23(30-21)27-17-7-3-2-4-8-17/h2-12,28H,13H2,1H3,(H,26,29). The van der Waals surface area contributed by atoms with Crippen LogP contribution >= 0.6 is 0 Å². The molecule has 4 rings (SSSR count). The molecule has 0 atom stereocenters. The summed E-state index contributed by atoms with van der Waals surface area (Å²) in [5.74, 6) is -0.978. The van der Waals surface area contributed by atoms with Crippen molar-refractivity contribution in [1.82, 2.24) is 4.98 Å². The van der Waals surface area contributed by atoms with Gasteiger partial charge in [-0.05, 0) is 43.3 Å². The van der Waals surface area contributed by atoms with Crippen LogP contribution in [0.15, 0.2) is 76.3 Å². The first-order chi connectivity index (χ1) is 14.5. The SMILES string of the molecule is Cc1ncc(CO)c2cc(C(=O)Nc3cccc(F)c3)c(=Nc3ccccc3)oc12. The van der Waals surface area contributed by atoms with Crippen molar-refractivity contribution >= 4 is 28.3 Å². The van der Waals surface area contributed by atoms with Gasteiger partial charge in [-0.1, -0.05) is 24.3 Å². The minimum Gasteiger partial charge on any atom is -0.436 e. The van der Waals surface area contributed by atoms with Gasteiger partial charge in [0.25, 0.3) is 5.91 Å². The fourth-order valence-electron chi connectivity index (χ4n) is 3.04. The number of halogens is 1.